The van der Waals surface area contributed by atoms with E-state index in [1.807, 2.05) is 0 Å². The van der Waals surface area contributed by atoms with E-state index in [-0.39, 0.29) is 11.9 Å². The lowest BCUT2D eigenvalue weighted by atomic mass is 10.3. The van der Waals surface area contributed by atoms with Crippen LogP contribution < -0.4 is 5.14 Å². The number of hydrogen-bond acceptors (Lipinski definition) is 3. The first kappa shape index (κ1) is 7.97. The zero-order valence-electron chi connectivity index (χ0n) is 5.62. The molecule has 0 radical (unpaired) electrons. The fraction of sp³-hybridized carbons (Fsp3) is 1.00. The second kappa shape index (κ2) is 2.86. The number of ether oxygens (including phenoxy) is 1. The number of sulfonamides is 1. The Morgan fingerprint density at radius 3 is 2.70 bits per heavy atom. The van der Waals surface area contributed by atoms with Crippen LogP contribution in [0.1, 0.15) is 12.8 Å². The predicted octanol–water partition coefficient (Wildman–Crippen LogP) is -0.546. The van der Waals surface area contributed by atoms with Crippen LogP contribution in [0.15, 0.2) is 0 Å². The average molecular weight is 165 g/mol. The zero-order valence-corrected chi connectivity index (χ0v) is 6.43. The standard InChI is InChI=1S/C5H11NO3S/c6-10(7,8)4-5-2-1-3-9-5/h5H,1-4H2,(H2,6,7,8)/t5-/m0/s1. The summed E-state index contributed by atoms with van der Waals surface area (Å²) in [7, 11) is -3.33. The normalized spacial score (nSPS) is 27.1. The second-order valence-electron chi connectivity index (χ2n) is 2.46. The maximum absolute atomic E-state index is 10.5. The molecule has 0 saturated carbocycles. The molecule has 1 atom stereocenters. The molecule has 2 N–H and O–H groups in total. The van der Waals surface area contributed by atoms with Crippen molar-refractivity contribution in [2.75, 3.05) is 12.4 Å². The summed E-state index contributed by atoms with van der Waals surface area (Å²) in [6.07, 6.45) is 1.60. The van der Waals surface area contributed by atoms with E-state index in [0.717, 1.165) is 12.8 Å². The van der Waals surface area contributed by atoms with Gasteiger partial charge in [-0.15, -0.1) is 0 Å². The molecule has 1 aliphatic heterocycles. The van der Waals surface area contributed by atoms with Crippen molar-refractivity contribution in [3.05, 3.63) is 0 Å². The summed E-state index contributed by atoms with van der Waals surface area (Å²) in [5.41, 5.74) is 0. The Labute approximate surface area is 60.4 Å². The van der Waals surface area contributed by atoms with Gasteiger partial charge in [-0.3, -0.25) is 0 Å². The minimum absolute atomic E-state index is 0.0347. The van der Waals surface area contributed by atoms with Gasteiger partial charge in [-0.05, 0) is 12.8 Å². The first-order valence-corrected chi connectivity index (χ1v) is 4.91. The number of primary sulfonamides is 1. The van der Waals surface area contributed by atoms with E-state index in [9.17, 15) is 8.42 Å². The van der Waals surface area contributed by atoms with E-state index in [2.05, 4.69) is 0 Å². The first-order chi connectivity index (χ1) is 4.58. The molecule has 0 aromatic carbocycles. The lowest BCUT2D eigenvalue weighted by Crippen LogP contribution is -2.25. The van der Waals surface area contributed by atoms with Crippen molar-refractivity contribution >= 4 is 10.0 Å². The Kier molecular flexibility index (Phi) is 2.28. The van der Waals surface area contributed by atoms with Gasteiger partial charge in [0.25, 0.3) is 0 Å². The first-order valence-electron chi connectivity index (χ1n) is 3.20. The highest BCUT2D eigenvalue weighted by Crippen LogP contribution is 2.12. The highest BCUT2D eigenvalue weighted by atomic mass is 32.2. The summed E-state index contributed by atoms with van der Waals surface area (Å²) < 4.78 is 26.0. The molecule has 1 rings (SSSR count). The molecule has 5 heteroatoms. The quantitative estimate of drug-likeness (QED) is 0.597. The van der Waals surface area contributed by atoms with E-state index in [1.54, 1.807) is 0 Å². The molecule has 4 nitrogen and oxygen atoms in total. The van der Waals surface area contributed by atoms with Gasteiger partial charge in [-0.1, -0.05) is 0 Å². The van der Waals surface area contributed by atoms with Crippen LogP contribution in [0.5, 0.6) is 0 Å². The highest BCUT2D eigenvalue weighted by Gasteiger charge is 2.20. The van der Waals surface area contributed by atoms with Crippen LogP contribution in [0.3, 0.4) is 0 Å². The molecule has 0 unspecified atom stereocenters. The molecule has 1 aliphatic rings. The molecule has 0 aromatic rings. The fourth-order valence-electron chi connectivity index (χ4n) is 1.03. The van der Waals surface area contributed by atoms with Crippen LogP contribution in [0.25, 0.3) is 0 Å². The smallest absolute Gasteiger partial charge is 0.211 e. The molecular weight excluding hydrogens is 154 g/mol. The van der Waals surface area contributed by atoms with Crippen molar-refractivity contribution in [2.45, 2.75) is 18.9 Å². The topological polar surface area (TPSA) is 69.4 Å². The van der Waals surface area contributed by atoms with Crippen molar-refractivity contribution in [3.63, 3.8) is 0 Å². The van der Waals surface area contributed by atoms with Gasteiger partial charge < -0.3 is 4.74 Å². The zero-order chi connectivity index (χ0) is 7.61. The van der Waals surface area contributed by atoms with Crippen molar-refractivity contribution in [3.8, 4) is 0 Å². The minimum Gasteiger partial charge on any atom is -0.377 e. The summed E-state index contributed by atoms with van der Waals surface area (Å²) >= 11 is 0. The Balaban J connectivity index is 2.38. The van der Waals surface area contributed by atoms with Crippen LogP contribution in [0, 0.1) is 0 Å². The van der Waals surface area contributed by atoms with Gasteiger partial charge in [0.1, 0.15) is 0 Å². The highest BCUT2D eigenvalue weighted by molar-refractivity contribution is 7.89. The van der Waals surface area contributed by atoms with Crippen LogP contribution in [-0.2, 0) is 14.8 Å². The van der Waals surface area contributed by atoms with Gasteiger partial charge in [0.05, 0.1) is 11.9 Å². The van der Waals surface area contributed by atoms with Crippen molar-refractivity contribution < 1.29 is 13.2 Å². The summed E-state index contributed by atoms with van der Waals surface area (Å²) in [6.45, 7) is 0.667. The molecule has 1 fully saturated rings. The van der Waals surface area contributed by atoms with Gasteiger partial charge in [-0.25, -0.2) is 13.6 Å². The molecule has 60 valence electrons. The number of nitrogens with two attached hydrogens (primary N) is 1. The summed E-state index contributed by atoms with van der Waals surface area (Å²) in [5, 5.41) is 4.81. The molecule has 0 aliphatic carbocycles. The average Bonchev–Trinajstić information content (AvgIpc) is 2.12. The predicted molar refractivity (Wildman–Crippen MR) is 36.9 cm³/mol. The molecule has 0 bridgehead atoms. The van der Waals surface area contributed by atoms with Crippen LogP contribution in [0.2, 0.25) is 0 Å². The van der Waals surface area contributed by atoms with Gasteiger partial charge in [-0.2, -0.15) is 0 Å². The molecular formula is C5H11NO3S. The minimum atomic E-state index is -3.33. The van der Waals surface area contributed by atoms with Crippen molar-refractivity contribution in [2.24, 2.45) is 5.14 Å². The summed E-state index contributed by atoms with van der Waals surface area (Å²) in [6, 6.07) is 0. The van der Waals surface area contributed by atoms with Crippen LogP contribution >= 0.6 is 0 Å². The molecule has 0 aromatic heterocycles. The Hall–Kier alpha value is -0.130. The van der Waals surface area contributed by atoms with Crippen molar-refractivity contribution in [1.82, 2.24) is 0 Å². The third-order valence-corrected chi connectivity index (χ3v) is 2.28. The third-order valence-electron chi connectivity index (χ3n) is 1.44. The lowest BCUT2D eigenvalue weighted by molar-refractivity contribution is 0.127. The Morgan fingerprint density at radius 2 is 2.30 bits per heavy atom. The van der Waals surface area contributed by atoms with Crippen molar-refractivity contribution in [1.29, 1.82) is 0 Å². The maximum atomic E-state index is 10.5. The van der Waals surface area contributed by atoms with E-state index >= 15 is 0 Å². The maximum Gasteiger partial charge on any atom is 0.211 e. The van der Waals surface area contributed by atoms with E-state index in [0.29, 0.717) is 6.61 Å². The van der Waals surface area contributed by atoms with E-state index < -0.39 is 10.0 Å². The Bertz CT molecular complexity index is 193. The molecule has 10 heavy (non-hydrogen) atoms. The van der Waals surface area contributed by atoms with E-state index in [1.165, 1.54) is 0 Å². The fourth-order valence-corrected chi connectivity index (χ4v) is 1.82. The molecule has 0 amide bonds. The molecule has 1 heterocycles. The summed E-state index contributed by atoms with van der Waals surface area (Å²) in [4.78, 5) is 0. The van der Waals surface area contributed by atoms with Gasteiger partial charge >= 0.3 is 0 Å². The van der Waals surface area contributed by atoms with Crippen LogP contribution in [0.4, 0.5) is 0 Å². The Morgan fingerprint density at radius 1 is 1.60 bits per heavy atom. The molecule has 1 saturated heterocycles. The van der Waals surface area contributed by atoms with Gasteiger partial charge in [0, 0.05) is 6.61 Å². The SMILES string of the molecule is NS(=O)(=O)C[C@@H]1CCCO1. The van der Waals surface area contributed by atoms with Crippen LogP contribution in [-0.4, -0.2) is 26.9 Å². The lowest BCUT2D eigenvalue weighted by Gasteiger charge is -2.05. The monoisotopic (exact) mass is 165 g/mol. The number of rotatable bonds is 2. The third kappa shape index (κ3) is 2.64. The van der Waals surface area contributed by atoms with E-state index in [4.69, 9.17) is 9.88 Å². The number of hydrogen-bond donors (Lipinski definition) is 1. The van der Waals surface area contributed by atoms with Gasteiger partial charge in [0.15, 0.2) is 0 Å². The summed E-state index contributed by atoms with van der Waals surface area (Å²) in [5.74, 6) is -0.0347. The second-order valence-corrected chi connectivity index (χ2v) is 4.12. The van der Waals surface area contributed by atoms with Gasteiger partial charge in [0.2, 0.25) is 10.0 Å². The molecule has 0 spiro atoms. The largest absolute Gasteiger partial charge is 0.377 e.